The van der Waals surface area contributed by atoms with Crippen LogP contribution in [0.25, 0.3) is 11.2 Å². The van der Waals surface area contributed by atoms with E-state index in [9.17, 15) is 4.79 Å². The first-order valence-corrected chi connectivity index (χ1v) is 10.5. The van der Waals surface area contributed by atoms with Crippen molar-refractivity contribution in [2.75, 3.05) is 12.3 Å². The van der Waals surface area contributed by atoms with E-state index in [1.165, 1.54) is 6.33 Å². The number of hydrogen-bond acceptors (Lipinski definition) is 9. The van der Waals surface area contributed by atoms with Crippen molar-refractivity contribution in [3.8, 4) is 0 Å². The largest absolute Gasteiger partial charge is 0.463 e. The molecule has 3 aromatic rings. The number of ether oxygens (including phenoxy) is 4. The number of aromatic nitrogens is 4. The summed E-state index contributed by atoms with van der Waals surface area (Å²) in [6.07, 6.45) is 1.24. The average Bonchev–Trinajstić information content (AvgIpc) is 3.40. The highest BCUT2D eigenvalue weighted by atomic mass is 16.8. The number of benzene rings is 1. The smallest absolute Gasteiger partial charge is 0.310 e. The summed E-state index contributed by atoms with van der Waals surface area (Å²) in [6, 6.07) is 7.77. The van der Waals surface area contributed by atoms with Crippen LogP contribution in [0, 0.1) is 6.92 Å². The Morgan fingerprint density at radius 2 is 1.91 bits per heavy atom. The van der Waals surface area contributed by atoms with Crippen LogP contribution in [0.1, 0.15) is 31.2 Å². The Morgan fingerprint density at radius 1 is 1.16 bits per heavy atom. The SMILES string of the molecule is Cc1ccc(CC(=O)OC[C@H]2O[C@@H](n3cnc4c(N)ncnc43)[C@@H]3OC(C)(C)O[C@@H]32)cc1. The topological polar surface area (TPSA) is 124 Å². The fourth-order valence-corrected chi connectivity index (χ4v) is 4.17. The fourth-order valence-electron chi connectivity index (χ4n) is 4.17. The van der Waals surface area contributed by atoms with Gasteiger partial charge in [-0.1, -0.05) is 29.8 Å². The average molecular weight is 439 g/mol. The van der Waals surface area contributed by atoms with Gasteiger partial charge in [-0.15, -0.1) is 0 Å². The third-order valence-corrected chi connectivity index (χ3v) is 5.66. The van der Waals surface area contributed by atoms with Gasteiger partial charge >= 0.3 is 5.97 Å². The number of aryl methyl sites for hydroxylation is 1. The highest BCUT2D eigenvalue weighted by Crippen LogP contribution is 2.43. The molecule has 168 valence electrons. The summed E-state index contributed by atoms with van der Waals surface area (Å²) < 4.78 is 25.7. The van der Waals surface area contributed by atoms with Crippen molar-refractivity contribution in [3.05, 3.63) is 48.0 Å². The lowest BCUT2D eigenvalue weighted by atomic mass is 10.1. The molecule has 4 heterocycles. The maximum Gasteiger partial charge on any atom is 0.310 e. The second-order valence-electron chi connectivity index (χ2n) is 8.56. The van der Waals surface area contributed by atoms with Crippen LogP contribution in [-0.2, 0) is 30.2 Å². The summed E-state index contributed by atoms with van der Waals surface area (Å²) in [6.45, 7) is 5.73. The summed E-state index contributed by atoms with van der Waals surface area (Å²) >= 11 is 0. The Balaban J connectivity index is 1.32. The van der Waals surface area contributed by atoms with Crippen molar-refractivity contribution < 1.29 is 23.7 Å². The summed E-state index contributed by atoms with van der Waals surface area (Å²) in [7, 11) is 0. The third kappa shape index (κ3) is 3.81. The standard InChI is InChI=1S/C22H25N5O5/c1-12-4-6-13(7-5-12)8-15(28)29-9-14-17-18(32-22(2,3)31-17)21(30-14)27-11-26-16-19(23)24-10-25-20(16)27/h4-7,10-11,14,17-18,21H,8-9H2,1-3H3,(H2,23,24,25)/t14-,17-,18-,21-/m1/s1. The lowest BCUT2D eigenvalue weighted by Crippen LogP contribution is -2.33. The van der Waals surface area contributed by atoms with Gasteiger partial charge in [0.25, 0.3) is 0 Å². The predicted octanol–water partition coefficient (Wildman–Crippen LogP) is 1.92. The summed E-state index contributed by atoms with van der Waals surface area (Å²) in [5.74, 6) is -0.843. The number of fused-ring (bicyclic) bond motifs is 2. The van der Waals surface area contributed by atoms with Crippen LogP contribution in [0.2, 0.25) is 0 Å². The van der Waals surface area contributed by atoms with Gasteiger partial charge in [-0.2, -0.15) is 0 Å². The first-order valence-electron chi connectivity index (χ1n) is 10.5. The number of rotatable bonds is 5. The molecule has 2 aliphatic heterocycles. The van der Waals surface area contributed by atoms with Crippen molar-refractivity contribution in [2.45, 2.75) is 57.5 Å². The van der Waals surface area contributed by atoms with Crippen molar-refractivity contribution in [3.63, 3.8) is 0 Å². The molecule has 10 heteroatoms. The van der Waals surface area contributed by atoms with Gasteiger partial charge < -0.3 is 24.7 Å². The van der Waals surface area contributed by atoms with Crippen LogP contribution in [0.4, 0.5) is 5.82 Å². The van der Waals surface area contributed by atoms with Gasteiger partial charge in [-0.25, -0.2) is 15.0 Å². The van der Waals surface area contributed by atoms with E-state index in [-0.39, 0.29) is 24.8 Å². The lowest BCUT2D eigenvalue weighted by Gasteiger charge is -2.24. The molecule has 0 saturated carbocycles. The fraction of sp³-hybridized carbons (Fsp3) is 0.455. The van der Waals surface area contributed by atoms with Crippen LogP contribution in [0.5, 0.6) is 0 Å². The second-order valence-corrected chi connectivity index (χ2v) is 8.56. The number of carbonyl (C=O) groups excluding carboxylic acids is 1. The van der Waals surface area contributed by atoms with Gasteiger partial charge in [0.2, 0.25) is 0 Å². The molecule has 0 radical (unpaired) electrons. The highest BCUT2D eigenvalue weighted by molar-refractivity contribution is 5.81. The van der Waals surface area contributed by atoms with Gasteiger partial charge in [0.1, 0.15) is 36.8 Å². The molecule has 2 fully saturated rings. The number of carbonyl (C=O) groups is 1. The molecular weight excluding hydrogens is 414 g/mol. The molecule has 10 nitrogen and oxygen atoms in total. The molecule has 2 aromatic heterocycles. The van der Waals surface area contributed by atoms with Crippen LogP contribution in [-0.4, -0.2) is 56.2 Å². The number of nitrogen functional groups attached to an aromatic ring is 1. The van der Waals surface area contributed by atoms with E-state index in [2.05, 4.69) is 15.0 Å². The number of esters is 1. The predicted molar refractivity (Wildman–Crippen MR) is 113 cm³/mol. The van der Waals surface area contributed by atoms with E-state index in [0.29, 0.717) is 11.2 Å². The number of nitrogens with zero attached hydrogens (tertiary/aromatic N) is 4. The van der Waals surface area contributed by atoms with E-state index >= 15 is 0 Å². The molecular formula is C22H25N5O5. The quantitative estimate of drug-likeness (QED) is 0.594. The van der Waals surface area contributed by atoms with E-state index in [1.807, 2.05) is 45.0 Å². The second kappa shape index (κ2) is 7.80. The van der Waals surface area contributed by atoms with E-state index in [0.717, 1.165) is 11.1 Å². The Kier molecular flexibility index (Phi) is 5.07. The van der Waals surface area contributed by atoms with Crippen molar-refractivity contribution >= 4 is 23.0 Å². The van der Waals surface area contributed by atoms with E-state index in [1.54, 1.807) is 10.9 Å². The molecule has 4 atom stereocenters. The number of nitrogens with two attached hydrogens (primary N) is 1. The molecule has 0 bridgehead atoms. The number of anilines is 1. The first-order chi connectivity index (χ1) is 15.3. The zero-order valence-corrected chi connectivity index (χ0v) is 18.1. The van der Waals surface area contributed by atoms with Crippen LogP contribution >= 0.6 is 0 Å². The van der Waals surface area contributed by atoms with Crippen molar-refractivity contribution in [1.82, 2.24) is 19.5 Å². The number of imidazole rings is 1. The maximum absolute atomic E-state index is 12.4. The molecule has 0 amide bonds. The van der Waals surface area contributed by atoms with Crippen LogP contribution in [0.3, 0.4) is 0 Å². The minimum absolute atomic E-state index is 0.0472. The Morgan fingerprint density at radius 3 is 2.69 bits per heavy atom. The minimum atomic E-state index is -0.800. The summed E-state index contributed by atoms with van der Waals surface area (Å²) in [5, 5.41) is 0. The molecule has 5 rings (SSSR count). The van der Waals surface area contributed by atoms with Crippen LogP contribution in [0.15, 0.2) is 36.9 Å². The first kappa shape index (κ1) is 20.8. The van der Waals surface area contributed by atoms with E-state index < -0.39 is 30.3 Å². The molecule has 1 aromatic carbocycles. The molecule has 2 N–H and O–H groups in total. The normalized spacial score (nSPS) is 26.3. The molecule has 0 spiro atoms. The van der Waals surface area contributed by atoms with Gasteiger partial charge in [-0.05, 0) is 26.3 Å². The van der Waals surface area contributed by atoms with Crippen LogP contribution < -0.4 is 5.73 Å². The minimum Gasteiger partial charge on any atom is -0.463 e. The lowest BCUT2D eigenvalue weighted by molar-refractivity contribution is -0.202. The maximum atomic E-state index is 12.4. The zero-order valence-electron chi connectivity index (χ0n) is 18.1. The Bertz CT molecular complexity index is 1150. The molecule has 2 aliphatic rings. The van der Waals surface area contributed by atoms with Crippen molar-refractivity contribution in [1.29, 1.82) is 0 Å². The number of hydrogen-bond donors (Lipinski definition) is 1. The van der Waals surface area contributed by atoms with Gasteiger partial charge in [-0.3, -0.25) is 9.36 Å². The third-order valence-electron chi connectivity index (χ3n) is 5.66. The van der Waals surface area contributed by atoms with Gasteiger partial charge in [0.15, 0.2) is 23.5 Å². The highest BCUT2D eigenvalue weighted by Gasteiger charge is 2.56. The molecule has 0 aliphatic carbocycles. The van der Waals surface area contributed by atoms with Gasteiger partial charge in [0.05, 0.1) is 12.7 Å². The molecule has 0 unspecified atom stereocenters. The van der Waals surface area contributed by atoms with E-state index in [4.69, 9.17) is 24.7 Å². The molecule has 32 heavy (non-hydrogen) atoms. The summed E-state index contributed by atoms with van der Waals surface area (Å²) in [5.41, 5.74) is 8.97. The summed E-state index contributed by atoms with van der Waals surface area (Å²) in [4.78, 5) is 25.0. The Hall–Kier alpha value is -3.08. The zero-order chi connectivity index (χ0) is 22.5. The van der Waals surface area contributed by atoms with Gasteiger partial charge in [0, 0.05) is 0 Å². The monoisotopic (exact) mass is 439 g/mol. The Labute approximate surface area is 184 Å². The molecule has 2 saturated heterocycles. The van der Waals surface area contributed by atoms with Crippen molar-refractivity contribution in [2.24, 2.45) is 0 Å².